The van der Waals surface area contributed by atoms with Crippen molar-refractivity contribution < 1.29 is 33.5 Å². The maximum absolute atomic E-state index is 13.2. The number of aliphatic hydroxyl groups excluding tert-OH is 1. The molecule has 4 N–H and O–H groups in total. The molecule has 0 spiro atoms. The van der Waals surface area contributed by atoms with E-state index in [1.807, 2.05) is 19.8 Å². The molecule has 1 aliphatic heterocycles. The zero-order chi connectivity index (χ0) is 24.1. The lowest BCUT2D eigenvalue weighted by Gasteiger charge is -2.34. The summed E-state index contributed by atoms with van der Waals surface area (Å²) in [6.45, 7) is 0.955. The summed E-state index contributed by atoms with van der Waals surface area (Å²) in [5, 5.41) is 21.6. The number of aromatic hydroxyl groups is 1. The fourth-order valence-corrected chi connectivity index (χ4v) is 4.86. The van der Waals surface area contributed by atoms with E-state index in [0.717, 1.165) is 17.6 Å². The molecule has 174 valence electrons. The lowest BCUT2D eigenvalue weighted by molar-refractivity contribution is 0.0630. The number of phenolic OH excluding ortho intramolecular Hbond substituents is 1. The molecule has 9 nitrogen and oxygen atoms in total. The Morgan fingerprint density at radius 3 is 2.67 bits per heavy atom. The van der Waals surface area contributed by atoms with Gasteiger partial charge in [0.1, 0.15) is 36.1 Å². The predicted octanol–water partition coefficient (Wildman–Crippen LogP) is 1.33. The van der Waals surface area contributed by atoms with E-state index < -0.39 is 36.8 Å². The molecular weight excluding hydrogens is 471 g/mol. The van der Waals surface area contributed by atoms with E-state index >= 15 is 0 Å². The van der Waals surface area contributed by atoms with E-state index in [1.165, 1.54) is 0 Å². The van der Waals surface area contributed by atoms with Gasteiger partial charge < -0.3 is 24.1 Å². The first-order valence-electron chi connectivity index (χ1n) is 10.2. The molecule has 2 atom stereocenters. The van der Waals surface area contributed by atoms with Crippen LogP contribution in [-0.4, -0.2) is 59.0 Å². The van der Waals surface area contributed by atoms with Crippen LogP contribution in [0.15, 0.2) is 39.5 Å². The number of fused-ring (bicyclic) bond motifs is 1. The van der Waals surface area contributed by atoms with Crippen molar-refractivity contribution in [3.05, 3.63) is 51.1 Å². The largest absolute Gasteiger partial charge is 0.524 e. The van der Waals surface area contributed by atoms with Crippen LogP contribution in [0.3, 0.4) is 0 Å². The number of phosphoric ester groups is 1. The van der Waals surface area contributed by atoms with E-state index in [9.17, 15) is 29.4 Å². The van der Waals surface area contributed by atoms with Gasteiger partial charge in [0.25, 0.3) is 0 Å². The van der Waals surface area contributed by atoms with Gasteiger partial charge in [-0.3, -0.25) is 14.6 Å². The standard InChI is InChI=1S/C21H22BClNO8P/c1-24-5-4-11(16(27)9-24)19-14(25)8-18(32-33(28,29)30)20-15(26)7-17(31-21(19)20)12-6-10(22)2-3-13(12)23/h2-3,6-8,11,16,25,27H,4-5,9,22H2,1H3,(H2,28,29,30)/t11-,16+/m0/s1. The van der Waals surface area contributed by atoms with E-state index in [0.29, 0.717) is 30.1 Å². The molecule has 12 heteroatoms. The molecule has 0 unspecified atom stereocenters. The summed E-state index contributed by atoms with van der Waals surface area (Å²) < 4.78 is 22.3. The van der Waals surface area contributed by atoms with Crippen molar-refractivity contribution in [1.82, 2.24) is 4.90 Å². The highest BCUT2D eigenvalue weighted by Crippen LogP contribution is 2.47. The molecule has 0 radical (unpaired) electrons. The highest BCUT2D eigenvalue weighted by atomic mass is 35.5. The molecule has 4 rings (SSSR count). The van der Waals surface area contributed by atoms with Gasteiger partial charge in [0, 0.05) is 35.7 Å². The zero-order valence-corrected chi connectivity index (χ0v) is 19.5. The normalized spacial score (nSPS) is 19.7. The molecule has 2 aromatic carbocycles. The summed E-state index contributed by atoms with van der Waals surface area (Å²) in [4.78, 5) is 33.7. The maximum Gasteiger partial charge on any atom is 0.524 e. The van der Waals surface area contributed by atoms with Gasteiger partial charge in [-0.15, -0.1) is 0 Å². The number of likely N-dealkylation sites (tertiary alicyclic amines) is 1. The molecule has 3 aromatic rings. The molecule has 0 saturated carbocycles. The summed E-state index contributed by atoms with van der Waals surface area (Å²) in [5.41, 5.74) is 0.713. The number of hydrogen-bond donors (Lipinski definition) is 4. The van der Waals surface area contributed by atoms with Crippen LogP contribution in [0, 0.1) is 0 Å². The molecule has 0 aliphatic carbocycles. The molecule has 1 saturated heterocycles. The van der Waals surface area contributed by atoms with Crippen molar-refractivity contribution in [3.63, 3.8) is 0 Å². The van der Waals surface area contributed by atoms with E-state index in [4.69, 9.17) is 20.5 Å². The molecular formula is C21H22BClNO8P. The van der Waals surface area contributed by atoms with Gasteiger partial charge in [0.15, 0.2) is 5.43 Å². The van der Waals surface area contributed by atoms with Crippen LogP contribution < -0.4 is 15.4 Å². The van der Waals surface area contributed by atoms with E-state index in [2.05, 4.69) is 0 Å². The van der Waals surface area contributed by atoms with Crippen molar-refractivity contribution in [1.29, 1.82) is 0 Å². The minimum Gasteiger partial charge on any atom is -0.507 e. The number of halogens is 1. The highest BCUT2D eigenvalue weighted by molar-refractivity contribution is 7.46. The van der Waals surface area contributed by atoms with Crippen LogP contribution in [0.1, 0.15) is 17.9 Å². The summed E-state index contributed by atoms with van der Waals surface area (Å²) in [7, 11) is -1.35. The number of piperidine rings is 1. The first kappa shape index (κ1) is 23.8. The van der Waals surface area contributed by atoms with Gasteiger partial charge in [-0.05, 0) is 26.1 Å². The number of nitrogens with zero attached hydrogens (tertiary/aromatic N) is 1. The number of phosphoric acid groups is 1. The highest BCUT2D eigenvalue weighted by Gasteiger charge is 2.34. The van der Waals surface area contributed by atoms with Crippen molar-refractivity contribution in [3.8, 4) is 22.8 Å². The lowest BCUT2D eigenvalue weighted by Crippen LogP contribution is -2.40. The van der Waals surface area contributed by atoms with Crippen molar-refractivity contribution in [2.75, 3.05) is 20.1 Å². The number of likely N-dealkylation sites (N-methyl/N-ethyl adjacent to an activating group) is 1. The fourth-order valence-electron chi connectivity index (χ4n) is 4.25. The predicted molar refractivity (Wildman–Crippen MR) is 126 cm³/mol. The lowest BCUT2D eigenvalue weighted by atomic mass is 9.85. The molecule has 0 bridgehead atoms. The van der Waals surface area contributed by atoms with E-state index in [1.54, 1.807) is 18.2 Å². The van der Waals surface area contributed by atoms with Crippen LogP contribution in [-0.2, 0) is 4.57 Å². The summed E-state index contributed by atoms with van der Waals surface area (Å²) in [5.74, 6) is -1.40. The van der Waals surface area contributed by atoms with Crippen molar-refractivity contribution >= 4 is 43.7 Å². The van der Waals surface area contributed by atoms with Gasteiger partial charge in [0.2, 0.25) is 0 Å². The third-order valence-corrected chi connectivity index (χ3v) is 6.51. The SMILES string of the molecule is Bc1ccc(Cl)c(-c2cc(=O)c3c(OP(=O)(O)O)cc(O)c([C@H]4CCN(C)C[C@H]4O)c3o2)c1. The van der Waals surface area contributed by atoms with Gasteiger partial charge >= 0.3 is 7.82 Å². The quantitative estimate of drug-likeness (QED) is 0.313. The van der Waals surface area contributed by atoms with Gasteiger partial charge in [0.05, 0.1) is 11.1 Å². The first-order valence-corrected chi connectivity index (χ1v) is 12.1. The Morgan fingerprint density at radius 2 is 2.00 bits per heavy atom. The molecule has 1 aliphatic rings. The minimum atomic E-state index is -5.05. The zero-order valence-electron chi connectivity index (χ0n) is 17.9. The smallest absolute Gasteiger partial charge is 0.507 e. The Labute approximate surface area is 194 Å². The van der Waals surface area contributed by atoms with Crippen LogP contribution >= 0.6 is 19.4 Å². The minimum absolute atomic E-state index is 0.109. The van der Waals surface area contributed by atoms with Crippen LogP contribution in [0.4, 0.5) is 0 Å². The number of hydrogen-bond acceptors (Lipinski definition) is 7. The molecule has 2 heterocycles. The Morgan fingerprint density at radius 1 is 1.27 bits per heavy atom. The van der Waals surface area contributed by atoms with Crippen molar-refractivity contribution in [2.45, 2.75) is 18.4 Å². The Hall–Kier alpha value is -2.33. The number of aliphatic hydroxyl groups is 1. The molecule has 0 amide bonds. The van der Waals surface area contributed by atoms with Crippen LogP contribution in [0.2, 0.25) is 5.02 Å². The maximum atomic E-state index is 13.2. The number of β-amino-alcohol motifs (C(OH)–C–C–N with tert-alkyl or cyclic N) is 1. The Kier molecular flexibility index (Phi) is 6.35. The average molecular weight is 494 g/mol. The van der Waals surface area contributed by atoms with Crippen LogP contribution in [0.5, 0.6) is 11.5 Å². The topological polar surface area (TPSA) is 141 Å². The van der Waals surface area contributed by atoms with Crippen molar-refractivity contribution in [2.24, 2.45) is 0 Å². The Bertz CT molecular complexity index is 1340. The number of benzene rings is 2. The third-order valence-electron chi connectivity index (χ3n) is 5.74. The van der Waals surface area contributed by atoms with Gasteiger partial charge in [-0.1, -0.05) is 29.2 Å². The molecule has 1 fully saturated rings. The summed E-state index contributed by atoms with van der Waals surface area (Å²) >= 11 is 6.33. The first-order chi connectivity index (χ1) is 15.4. The average Bonchev–Trinajstić information content (AvgIpc) is 2.69. The second-order valence-corrected chi connectivity index (χ2v) is 9.85. The Balaban J connectivity index is 2.04. The number of rotatable bonds is 4. The van der Waals surface area contributed by atoms with E-state index in [-0.39, 0.29) is 22.3 Å². The van der Waals surface area contributed by atoms with Crippen LogP contribution in [0.25, 0.3) is 22.3 Å². The second kappa shape index (κ2) is 8.79. The van der Waals surface area contributed by atoms with Gasteiger partial charge in [-0.25, -0.2) is 4.57 Å². The number of phenols is 1. The summed E-state index contributed by atoms with van der Waals surface area (Å²) in [6.07, 6.45) is -0.416. The molecule has 33 heavy (non-hydrogen) atoms. The van der Waals surface area contributed by atoms with Gasteiger partial charge in [-0.2, -0.15) is 0 Å². The molecule has 1 aromatic heterocycles. The summed E-state index contributed by atoms with van der Waals surface area (Å²) in [6, 6.07) is 7.30. The second-order valence-electron chi connectivity index (χ2n) is 8.28. The monoisotopic (exact) mass is 493 g/mol. The third kappa shape index (κ3) is 4.82. The fraction of sp³-hybridized carbons (Fsp3) is 0.286.